The smallest absolute Gasteiger partial charge is 0.209 e. The van der Waals surface area contributed by atoms with E-state index in [-0.39, 0.29) is 35.2 Å². The number of hydrogen-bond acceptors (Lipinski definition) is 6. The molecule has 6 nitrogen and oxygen atoms in total. The van der Waals surface area contributed by atoms with Gasteiger partial charge in [0.15, 0.2) is 11.6 Å². The number of rotatable bonds is 5. The van der Waals surface area contributed by atoms with Crippen LogP contribution in [0.1, 0.15) is 23.3 Å². The quantitative estimate of drug-likeness (QED) is 0.383. The highest BCUT2D eigenvalue weighted by molar-refractivity contribution is 7.89. The van der Waals surface area contributed by atoms with Crippen molar-refractivity contribution in [3.63, 3.8) is 0 Å². The number of allylic oxidation sites excluding steroid dienone is 2. The summed E-state index contributed by atoms with van der Waals surface area (Å²) in [5, 5.41) is 0. The second kappa shape index (κ2) is 10.4. The Labute approximate surface area is 216 Å². The van der Waals surface area contributed by atoms with Gasteiger partial charge < -0.3 is 10.3 Å². The molecule has 1 aromatic heterocycles. The molecular weight excluding hydrogens is 494 g/mol. The van der Waals surface area contributed by atoms with Crippen molar-refractivity contribution in [1.82, 2.24) is 9.29 Å². The highest BCUT2D eigenvalue weighted by Crippen LogP contribution is 2.47. The first-order valence-corrected chi connectivity index (χ1v) is 12.9. The minimum atomic E-state index is -1.81. The van der Waals surface area contributed by atoms with Crippen molar-refractivity contribution >= 4 is 28.5 Å². The van der Waals surface area contributed by atoms with Gasteiger partial charge in [-0.1, -0.05) is 23.8 Å². The molecule has 2 heterocycles. The predicted molar refractivity (Wildman–Crippen MR) is 138 cm³/mol. The van der Waals surface area contributed by atoms with Crippen molar-refractivity contribution < 1.29 is 18.1 Å². The second-order valence-electron chi connectivity index (χ2n) is 8.93. The number of carbonyl (C=O) groups is 1. The van der Waals surface area contributed by atoms with Gasteiger partial charge in [-0.3, -0.25) is 9.78 Å². The third kappa shape index (κ3) is 4.85. The minimum Gasteiger partial charge on any atom is -0.593 e. The monoisotopic (exact) mass is 518 g/mol. The summed E-state index contributed by atoms with van der Waals surface area (Å²) in [6, 6.07) is 16.8. The van der Waals surface area contributed by atoms with E-state index in [1.807, 2.05) is 6.08 Å². The molecule has 1 aliphatic carbocycles. The summed E-state index contributed by atoms with van der Waals surface area (Å²) in [5.41, 5.74) is 7.75. The zero-order chi connectivity index (χ0) is 26.0. The van der Waals surface area contributed by atoms with Crippen LogP contribution in [0.15, 0.2) is 106 Å². The Morgan fingerprint density at radius 3 is 2.57 bits per heavy atom. The molecular formula is C28H24F2N4O2S. The molecule has 37 heavy (non-hydrogen) atoms. The average Bonchev–Trinajstić information content (AvgIpc) is 2.93. The number of halogens is 2. The fourth-order valence-corrected chi connectivity index (χ4v) is 6.13. The molecule has 5 rings (SSSR count). The number of Topliss-reactive ketones (excluding diaryl/α,β-unsaturated/α-hetero) is 1. The number of pyridine rings is 1. The molecule has 188 valence electrons. The fraction of sp³-hybridized carbons (Fsp3) is 0.179. The number of piperidine rings is 1. The Balaban J connectivity index is 1.58. The summed E-state index contributed by atoms with van der Waals surface area (Å²) in [6.07, 6.45) is 5.43. The first-order valence-electron chi connectivity index (χ1n) is 11.7. The lowest BCUT2D eigenvalue weighted by Crippen LogP contribution is -2.53. The van der Waals surface area contributed by atoms with Crippen molar-refractivity contribution in [3.8, 4) is 0 Å². The Hall–Kier alpha value is -3.66. The summed E-state index contributed by atoms with van der Waals surface area (Å²) >= 11 is -1.81. The average molecular weight is 519 g/mol. The number of aromatic nitrogens is 1. The third-order valence-electron chi connectivity index (χ3n) is 6.69. The van der Waals surface area contributed by atoms with E-state index in [0.29, 0.717) is 29.9 Å². The molecule has 2 aromatic carbocycles. The van der Waals surface area contributed by atoms with Crippen LogP contribution in [0.3, 0.4) is 0 Å². The van der Waals surface area contributed by atoms with E-state index < -0.39 is 22.6 Å². The summed E-state index contributed by atoms with van der Waals surface area (Å²) in [6.45, 7) is 0.450. The number of ketones is 1. The van der Waals surface area contributed by atoms with E-state index in [1.165, 1.54) is 30.5 Å². The predicted octanol–water partition coefficient (Wildman–Crippen LogP) is 4.90. The van der Waals surface area contributed by atoms with Gasteiger partial charge in [-0.05, 0) is 79.2 Å². The van der Waals surface area contributed by atoms with Crippen LogP contribution in [0.2, 0.25) is 0 Å². The molecule has 0 saturated carbocycles. The number of hydrogen-bond donors (Lipinski definition) is 1. The molecule has 2 unspecified atom stereocenters. The molecule has 0 amide bonds. The first kappa shape index (κ1) is 25.0. The number of nitrogens with two attached hydrogens (primary N) is 1. The van der Waals surface area contributed by atoms with Crippen molar-refractivity contribution in [2.24, 2.45) is 16.1 Å². The van der Waals surface area contributed by atoms with Gasteiger partial charge in [-0.15, -0.1) is 4.31 Å². The number of benzene rings is 2. The van der Waals surface area contributed by atoms with Gasteiger partial charge in [0.1, 0.15) is 11.5 Å². The molecule has 1 saturated heterocycles. The van der Waals surface area contributed by atoms with Crippen LogP contribution < -0.4 is 5.73 Å². The highest BCUT2D eigenvalue weighted by Gasteiger charge is 2.52. The Bertz CT molecular complexity index is 1410. The summed E-state index contributed by atoms with van der Waals surface area (Å²) < 4.78 is 42.9. The third-order valence-corrected chi connectivity index (χ3v) is 8.18. The number of fused-ring (bicyclic) bond motifs is 1. The van der Waals surface area contributed by atoms with Gasteiger partial charge in [0.2, 0.25) is 4.90 Å². The van der Waals surface area contributed by atoms with Crippen LogP contribution in [-0.4, -0.2) is 38.4 Å². The Kier molecular flexibility index (Phi) is 7.01. The lowest BCUT2D eigenvalue weighted by Gasteiger charge is -2.45. The van der Waals surface area contributed by atoms with E-state index in [4.69, 9.17) is 5.73 Å². The fourth-order valence-electron chi connectivity index (χ4n) is 4.83. The number of aliphatic imine (C=N–C) groups is 1. The molecule has 1 aliphatic heterocycles. The summed E-state index contributed by atoms with van der Waals surface area (Å²) in [4.78, 5) is 23.0. The van der Waals surface area contributed by atoms with Gasteiger partial charge in [0.25, 0.3) is 0 Å². The standard InChI is InChI=1S/C28H24F2N4O2S/c29-21-8-10-22(11-9-21)33-25-15-20-12-14-34(37(36)26-7-2-1-5-23(26)30)18-28(20,16-19(25)17-31)27(35)24-6-3-4-13-32-24/h1-11,13,15,17H,12,14,16,18,31H2. The van der Waals surface area contributed by atoms with Gasteiger partial charge in [0, 0.05) is 12.7 Å². The van der Waals surface area contributed by atoms with E-state index >= 15 is 0 Å². The van der Waals surface area contributed by atoms with E-state index in [1.54, 1.807) is 53.0 Å². The minimum absolute atomic E-state index is 0.0688. The SMILES string of the molecule is NC=C1CC2(C(=O)c3ccccn3)CN([S+]([O-])c3ccccc3F)CCC2=CC1=Nc1ccc(F)cc1. The van der Waals surface area contributed by atoms with Crippen molar-refractivity contribution in [2.45, 2.75) is 17.7 Å². The van der Waals surface area contributed by atoms with Crippen molar-refractivity contribution in [3.05, 3.63) is 114 Å². The molecule has 0 spiro atoms. The molecule has 9 heteroatoms. The van der Waals surface area contributed by atoms with Gasteiger partial charge in [-0.2, -0.15) is 0 Å². The second-order valence-corrected chi connectivity index (χ2v) is 10.4. The van der Waals surface area contributed by atoms with Crippen molar-refractivity contribution in [1.29, 1.82) is 0 Å². The maximum atomic E-state index is 14.5. The maximum absolute atomic E-state index is 14.5. The molecule has 1 fully saturated rings. The van der Waals surface area contributed by atoms with Crippen LogP contribution in [0.25, 0.3) is 0 Å². The van der Waals surface area contributed by atoms with Crippen LogP contribution in [0.5, 0.6) is 0 Å². The molecule has 0 radical (unpaired) electrons. The molecule has 2 aliphatic rings. The molecule has 3 aromatic rings. The largest absolute Gasteiger partial charge is 0.593 e. The Morgan fingerprint density at radius 2 is 1.86 bits per heavy atom. The van der Waals surface area contributed by atoms with Gasteiger partial charge in [-0.25, -0.2) is 13.8 Å². The number of nitrogens with zero attached hydrogens (tertiary/aromatic N) is 3. The van der Waals surface area contributed by atoms with Crippen LogP contribution in [0.4, 0.5) is 14.5 Å². The van der Waals surface area contributed by atoms with Gasteiger partial charge >= 0.3 is 0 Å². The lowest BCUT2D eigenvalue weighted by atomic mass is 9.64. The van der Waals surface area contributed by atoms with Crippen LogP contribution >= 0.6 is 0 Å². The van der Waals surface area contributed by atoms with E-state index in [9.17, 15) is 18.1 Å². The van der Waals surface area contributed by atoms with E-state index in [0.717, 1.165) is 5.57 Å². The molecule has 2 N–H and O–H groups in total. The number of carbonyl (C=O) groups excluding carboxylic acids is 1. The van der Waals surface area contributed by atoms with E-state index in [2.05, 4.69) is 9.98 Å². The van der Waals surface area contributed by atoms with Crippen molar-refractivity contribution in [2.75, 3.05) is 13.1 Å². The molecule has 0 bridgehead atoms. The zero-order valence-electron chi connectivity index (χ0n) is 19.8. The highest BCUT2D eigenvalue weighted by atomic mass is 32.2. The van der Waals surface area contributed by atoms with Crippen LogP contribution in [-0.2, 0) is 11.4 Å². The maximum Gasteiger partial charge on any atom is 0.209 e. The van der Waals surface area contributed by atoms with Crippen LogP contribution in [0, 0.1) is 17.0 Å². The topological polar surface area (TPSA) is 94.6 Å². The Morgan fingerprint density at radius 1 is 1.11 bits per heavy atom. The first-order chi connectivity index (χ1) is 17.9. The lowest BCUT2D eigenvalue weighted by molar-refractivity contribution is 0.0770. The summed E-state index contributed by atoms with van der Waals surface area (Å²) in [5.74, 6) is -1.15. The molecule has 2 atom stereocenters. The normalized spacial score (nSPS) is 22.9. The zero-order valence-corrected chi connectivity index (χ0v) is 20.6. The van der Waals surface area contributed by atoms with Gasteiger partial charge in [0.05, 0.1) is 34.7 Å². The summed E-state index contributed by atoms with van der Waals surface area (Å²) in [7, 11) is 0.